The van der Waals surface area contributed by atoms with E-state index < -0.39 is 17.6 Å². The first-order valence-corrected chi connectivity index (χ1v) is 11.5. The van der Waals surface area contributed by atoms with E-state index in [4.69, 9.17) is 14.7 Å². The second-order valence-corrected chi connectivity index (χ2v) is 8.70. The van der Waals surface area contributed by atoms with Crippen LogP contribution in [0.15, 0.2) is 36.4 Å². The van der Waals surface area contributed by atoms with Crippen LogP contribution < -0.4 is 9.64 Å². The van der Waals surface area contributed by atoms with Crippen LogP contribution >= 0.6 is 0 Å². The number of carbonyl (C=O) groups excluding carboxylic acids is 1. The van der Waals surface area contributed by atoms with E-state index in [0.717, 1.165) is 11.8 Å². The van der Waals surface area contributed by atoms with E-state index >= 15 is 0 Å². The van der Waals surface area contributed by atoms with Gasteiger partial charge in [0, 0.05) is 51.9 Å². The molecule has 2 aliphatic rings. The van der Waals surface area contributed by atoms with Crippen LogP contribution in [-0.4, -0.2) is 51.5 Å². The van der Waals surface area contributed by atoms with Crippen LogP contribution in [0.25, 0.3) is 11.4 Å². The van der Waals surface area contributed by atoms with Crippen LogP contribution in [0.5, 0.6) is 5.75 Å². The summed E-state index contributed by atoms with van der Waals surface area (Å²) in [6.45, 7) is 3.55. The lowest BCUT2D eigenvalue weighted by Crippen LogP contribution is -2.40. The summed E-state index contributed by atoms with van der Waals surface area (Å²) in [6, 6.07) is 7.79. The molecule has 0 aliphatic carbocycles. The summed E-state index contributed by atoms with van der Waals surface area (Å²) in [7, 11) is 0. The van der Waals surface area contributed by atoms with E-state index in [-0.39, 0.29) is 17.8 Å². The number of aromatic nitrogens is 3. The summed E-state index contributed by atoms with van der Waals surface area (Å²) in [6.07, 6.45) is 1.51. The first-order chi connectivity index (χ1) is 16.9. The van der Waals surface area contributed by atoms with Gasteiger partial charge in [0.25, 0.3) is 0 Å². The van der Waals surface area contributed by atoms with E-state index in [1.165, 1.54) is 25.1 Å². The van der Waals surface area contributed by atoms with E-state index in [9.17, 15) is 18.0 Å². The zero-order valence-corrected chi connectivity index (χ0v) is 19.2. The number of ether oxygens (including phenoxy) is 1. The molecule has 0 saturated carbocycles. The maximum absolute atomic E-state index is 14.0. The van der Waals surface area contributed by atoms with E-state index in [1.54, 1.807) is 17.0 Å². The van der Waals surface area contributed by atoms with Crippen molar-refractivity contribution in [3.05, 3.63) is 65.4 Å². The van der Waals surface area contributed by atoms with Gasteiger partial charge in [0.05, 0.1) is 23.6 Å². The van der Waals surface area contributed by atoms with Crippen molar-refractivity contribution in [2.45, 2.75) is 38.8 Å². The number of benzene rings is 1. The van der Waals surface area contributed by atoms with Gasteiger partial charge >= 0.3 is 0 Å². The number of rotatable bonds is 4. The standard InChI is InChI=1S/C25H24F3N5O2/c1-15(34)33-12-9-19-21(14-33)30-24(20-3-2-4-23(28)29-20)25(31-19)32-10-7-17(8-11-32)35-22-6-5-16(26)13-18(22)27/h2-6,13,17H,7-12,14H2,1H3. The lowest BCUT2D eigenvalue weighted by Gasteiger charge is -2.35. The van der Waals surface area contributed by atoms with E-state index in [2.05, 4.69) is 4.98 Å². The van der Waals surface area contributed by atoms with Crippen LogP contribution in [0.1, 0.15) is 31.2 Å². The highest BCUT2D eigenvalue weighted by Gasteiger charge is 2.29. The maximum Gasteiger partial charge on any atom is 0.219 e. The van der Waals surface area contributed by atoms with Gasteiger partial charge in [-0.2, -0.15) is 4.39 Å². The maximum atomic E-state index is 14.0. The minimum atomic E-state index is -0.730. The Labute approximate surface area is 200 Å². The number of pyridine rings is 1. The highest BCUT2D eigenvalue weighted by atomic mass is 19.1. The molecule has 2 aromatic heterocycles. The minimum absolute atomic E-state index is 0.0260. The van der Waals surface area contributed by atoms with Gasteiger partial charge in [0.2, 0.25) is 11.9 Å². The van der Waals surface area contributed by atoms with Crippen LogP contribution in [0.3, 0.4) is 0 Å². The fourth-order valence-electron chi connectivity index (χ4n) is 4.46. The molecule has 0 unspecified atom stereocenters. The van der Waals surface area contributed by atoms with Gasteiger partial charge < -0.3 is 14.5 Å². The highest BCUT2D eigenvalue weighted by molar-refractivity contribution is 5.74. The Morgan fingerprint density at radius 3 is 2.51 bits per heavy atom. The fraction of sp³-hybridized carbons (Fsp3) is 0.360. The molecule has 4 heterocycles. The van der Waals surface area contributed by atoms with Crippen molar-refractivity contribution in [1.29, 1.82) is 0 Å². The molecule has 0 spiro atoms. The first kappa shape index (κ1) is 23.1. The summed E-state index contributed by atoms with van der Waals surface area (Å²) >= 11 is 0. The third-order valence-corrected chi connectivity index (χ3v) is 6.32. The van der Waals surface area contributed by atoms with Crippen LogP contribution in [0, 0.1) is 17.6 Å². The normalized spacial score (nSPS) is 16.2. The van der Waals surface area contributed by atoms with Crippen molar-refractivity contribution in [2.24, 2.45) is 0 Å². The number of anilines is 1. The third kappa shape index (κ3) is 4.91. The highest BCUT2D eigenvalue weighted by Crippen LogP contribution is 2.32. The van der Waals surface area contributed by atoms with E-state index in [1.807, 2.05) is 4.90 Å². The molecule has 182 valence electrons. The molecular weight excluding hydrogens is 459 g/mol. The van der Waals surface area contributed by atoms with Gasteiger partial charge in [0.1, 0.15) is 17.6 Å². The van der Waals surface area contributed by atoms with Crippen molar-refractivity contribution in [3.63, 3.8) is 0 Å². The molecule has 5 rings (SSSR count). The number of piperidine rings is 1. The lowest BCUT2D eigenvalue weighted by atomic mass is 10.1. The molecule has 10 heteroatoms. The molecule has 1 fully saturated rings. The van der Waals surface area contributed by atoms with Gasteiger partial charge in [-0.15, -0.1) is 0 Å². The Kier molecular flexibility index (Phi) is 6.27. The lowest BCUT2D eigenvalue weighted by molar-refractivity contribution is -0.129. The van der Waals surface area contributed by atoms with Gasteiger partial charge in [-0.25, -0.2) is 23.7 Å². The summed E-state index contributed by atoms with van der Waals surface area (Å²) in [5.74, 6) is -1.41. The molecule has 1 aromatic carbocycles. The van der Waals surface area contributed by atoms with Crippen molar-refractivity contribution in [1.82, 2.24) is 19.9 Å². The van der Waals surface area contributed by atoms with Gasteiger partial charge in [-0.1, -0.05) is 6.07 Å². The van der Waals surface area contributed by atoms with Crippen molar-refractivity contribution in [3.8, 4) is 17.1 Å². The molecule has 0 bridgehead atoms. The predicted octanol–water partition coefficient (Wildman–Crippen LogP) is 3.91. The third-order valence-electron chi connectivity index (χ3n) is 6.32. The van der Waals surface area contributed by atoms with Gasteiger partial charge in [-0.3, -0.25) is 4.79 Å². The number of carbonyl (C=O) groups is 1. The molecule has 0 N–H and O–H groups in total. The van der Waals surface area contributed by atoms with Crippen LogP contribution in [-0.2, 0) is 17.8 Å². The summed E-state index contributed by atoms with van der Waals surface area (Å²) in [4.78, 5) is 29.3. The second-order valence-electron chi connectivity index (χ2n) is 8.70. The minimum Gasteiger partial charge on any atom is -0.487 e. The van der Waals surface area contributed by atoms with Crippen LogP contribution in [0.2, 0.25) is 0 Å². The van der Waals surface area contributed by atoms with Crippen molar-refractivity contribution in [2.75, 3.05) is 24.5 Å². The van der Waals surface area contributed by atoms with Crippen LogP contribution in [0.4, 0.5) is 19.0 Å². The first-order valence-electron chi connectivity index (χ1n) is 11.5. The molecule has 1 amide bonds. The average Bonchev–Trinajstić information content (AvgIpc) is 2.85. The topological polar surface area (TPSA) is 71.5 Å². The molecule has 7 nitrogen and oxygen atoms in total. The summed E-state index contributed by atoms with van der Waals surface area (Å²) in [5, 5.41) is 0. The Hall–Kier alpha value is -3.69. The number of hydrogen-bond acceptors (Lipinski definition) is 6. The molecule has 35 heavy (non-hydrogen) atoms. The fourth-order valence-corrected chi connectivity index (χ4v) is 4.46. The SMILES string of the molecule is CC(=O)N1CCc2nc(N3CCC(Oc4ccc(F)cc4F)CC3)c(-c3cccc(F)n3)nc2C1. The van der Waals surface area contributed by atoms with Crippen molar-refractivity contribution >= 4 is 11.7 Å². The molecule has 0 atom stereocenters. The Bertz CT molecular complexity index is 1260. The quantitative estimate of drug-likeness (QED) is 0.524. The summed E-state index contributed by atoms with van der Waals surface area (Å²) < 4.78 is 46.9. The number of amides is 1. The predicted molar refractivity (Wildman–Crippen MR) is 122 cm³/mol. The smallest absolute Gasteiger partial charge is 0.219 e. The number of halogens is 3. The Morgan fingerprint density at radius 2 is 1.80 bits per heavy atom. The Morgan fingerprint density at radius 1 is 1.00 bits per heavy atom. The number of hydrogen-bond donors (Lipinski definition) is 0. The Balaban J connectivity index is 1.40. The molecule has 0 radical (unpaired) electrons. The van der Waals surface area contributed by atoms with Gasteiger partial charge in [-0.05, 0) is 24.3 Å². The zero-order valence-electron chi connectivity index (χ0n) is 19.2. The number of nitrogens with zero attached hydrogens (tertiary/aromatic N) is 5. The summed E-state index contributed by atoms with van der Waals surface area (Å²) in [5.41, 5.74) is 2.31. The molecule has 1 saturated heterocycles. The second kappa shape index (κ2) is 9.52. The number of fused-ring (bicyclic) bond motifs is 1. The molecule has 2 aliphatic heterocycles. The molecule has 3 aromatic rings. The van der Waals surface area contributed by atoms with E-state index in [0.29, 0.717) is 68.3 Å². The monoisotopic (exact) mass is 483 g/mol. The van der Waals surface area contributed by atoms with Crippen molar-refractivity contribution < 1.29 is 22.7 Å². The van der Waals surface area contributed by atoms with Gasteiger partial charge in [0.15, 0.2) is 17.4 Å². The zero-order chi connectivity index (χ0) is 24.5. The molecular formula is C25H24F3N5O2. The largest absolute Gasteiger partial charge is 0.487 e. The average molecular weight is 483 g/mol.